The molecule has 0 saturated carbocycles. The maximum absolute atomic E-state index is 12.2. The molecule has 0 aromatic rings. The second-order valence-electron chi connectivity index (χ2n) is 3.25. The van der Waals surface area contributed by atoms with E-state index in [0.29, 0.717) is 4.90 Å². The fraction of sp³-hybridized carbons (Fsp3) is 0.857. The van der Waals surface area contributed by atoms with Gasteiger partial charge in [-0.2, -0.15) is 13.2 Å². The van der Waals surface area contributed by atoms with Crippen molar-refractivity contribution in [1.29, 1.82) is 0 Å². The zero-order valence-electron chi connectivity index (χ0n) is 7.16. The van der Waals surface area contributed by atoms with Crippen molar-refractivity contribution < 1.29 is 28.2 Å². The number of amides is 1. The predicted molar refractivity (Wildman–Crippen MR) is 39.8 cm³/mol. The van der Waals surface area contributed by atoms with Crippen molar-refractivity contribution >= 4 is 6.09 Å². The highest BCUT2D eigenvalue weighted by atomic mass is 19.4. The van der Waals surface area contributed by atoms with Crippen LogP contribution in [0.25, 0.3) is 0 Å². The molecule has 1 rings (SSSR count). The lowest BCUT2D eigenvalue weighted by Crippen LogP contribution is -2.37. The average molecular weight is 213 g/mol. The van der Waals surface area contributed by atoms with E-state index in [1.54, 1.807) is 0 Å². The first-order chi connectivity index (χ1) is 6.36. The number of rotatable bonds is 1. The molecule has 4 nitrogen and oxygen atoms in total. The van der Waals surface area contributed by atoms with Crippen LogP contribution in [0.5, 0.6) is 0 Å². The summed E-state index contributed by atoms with van der Waals surface area (Å²) in [5.74, 6) is -1.66. The quantitative estimate of drug-likeness (QED) is 0.680. The Hall–Kier alpha value is -0.980. The molecule has 1 heterocycles. The second-order valence-corrected chi connectivity index (χ2v) is 3.25. The fourth-order valence-corrected chi connectivity index (χ4v) is 1.56. The minimum atomic E-state index is -4.39. The van der Waals surface area contributed by atoms with Gasteiger partial charge in [0.25, 0.3) is 0 Å². The molecule has 2 unspecified atom stereocenters. The molecule has 1 saturated heterocycles. The molecule has 0 aromatic carbocycles. The Morgan fingerprint density at radius 1 is 1.50 bits per heavy atom. The van der Waals surface area contributed by atoms with E-state index < -0.39 is 37.4 Å². The van der Waals surface area contributed by atoms with Gasteiger partial charge in [0.05, 0.1) is 18.6 Å². The van der Waals surface area contributed by atoms with Crippen LogP contribution in [0, 0.1) is 5.92 Å². The number of likely N-dealkylation sites (tertiary alicyclic amines) is 1. The van der Waals surface area contributed by atoms with E-state index in [0.717, 1.165) is 0 Å². The molecule has 1 amide bonds. The summed E-state index contributed by atoms with van der Waals surface area (Å²) in [7, 11) is 0. The van der Waals surface area contributed by atoms with E-state index in [1.165, 1.54) is 0 Å². The number of halogens is 3. The predicted octanol–water partition coefficient (Wildman–Crippen LogP) is 0.910. The van der Waals surface area contributed by atoms with Crippen LogP contribution in [0.4, 0.5) is 18.0 Å². The molecular weight excluding hydrogens is 203 g/mol. The largest absolute Gasteiger partial charge is 0.465 e. The molecule has 0 aliphatic carbocycles. The number of aliphatic hydroxyl groups excluding tert-OH is 1. The highest BCUT2D eigenvalue weighted by Gasteiger charge is 2.48. The Kier molecular flexibility index (Phi) is 2.89. The maximum atomic E-state index is 12.2. The molecule has 7 heteroatoms. The summed E-state index contributed by atoms with van der Waals surface area (Å²) in [6.45, 7) is -1.15. The van der Waals surface area contributed by atoms with Gasteiger partial charge in [0, 0.05) is 6.54 Å². The van der Waals surface area contributed by atoms with Crippen LogP contribution in [0.1, 0.15) is 6.42 Å². The standard InChI is InChI=1S/C7H10F3NO3/c8-7(9,10)4-1-5(3-12)11(2-4)6(13)14/h4-5,12H,1-3H2,(H,13,14). The molecule has 0 aromatic heterocycles. The first-order valence-electron chi connectivity index (χ1n) is 4.03. The van der Waals surface area contributed by atoms with Gasteiger partial charge in [-0.25, -0.2) is 4.79 Å². The number of nitrogens with zero attached hydrogens (tertiary/aromatic N) is 1. The molecule has 1 fully saturated rings. The second kappa shape index (κ2) is 3.64. The molecule has 0 bridgehead atoms. The van der Waals surface area contributed by atoms with Crippen LogP contribution in [-0.2, 0) is 0 Å². The molecular formula is C7H10F3NO3. The summed E-state index contributed by atoms with van der Waals surface area (Å²) >= 11 is 0. The van der Waals surface area contributed by atoms with Gasteiger partial charge in [0.2, 0.25) is 0 Å². The Morgan fingerprint density at radius 2 is 2.07 bits per heavy atom. The topological polar surface area (TPSA) is 60.8 Å². The van der Waals surface area contributed by atoms with E-state index in [1.807, 2.05) is 0 Å². The van der Waals surface area contributed by atoms with Crippen molar-refractivity contribution in [2.45, 2.75) is 18.6 Å². The zero-order valence-corrected chi connectivity index (χ0v) is 7.16. The van der Waals surface area contributed by atoms with Crippen molar-refractivity contribution in [2.75, 3.05) is 13.2 Å². The Labute approximate surface area is 77.9 Å². The van der Waals surface area contributed by atoms with Crippen molar-refractivity contribution in [2.24, 2.45) is 5.92 Å². The van der Waals surface area contributed by atoms with E-state index in [-0.39, 0.29) is 6.42 Å². The minimum Gasteiger partial charge on any atom is -0.465 e. The molecule has 14 heavy (non-hydrogen) atoms. The lowest BCUT2D eigenvalue weighted by molar-refractivity contribution is -0.170. The first-order valence-corrected chi connectivity index (χ1v) is 4.03. The van der Waals surface area contributed by atoms with Gasteiger partial charge in [-0.1, -0.05) is 0 Å². The third kappa shape index (κ3) is 2.09. The summed E-state index contributed by atoms with van der Waals surface area (Å²) in [6.07, 6.45) is -6.17. The van der Waals surface area contributed by atoms with Gasteiger partial charge >= 0.3 is 12.3 Å². The average Bonchev–Trinajstić information content (AvgIpc) is 2.45. The van der Waals surface area contributed by atoms with Crippen LogP contribution >= 0.6 is 0 Å². The zero-order chi connectivity index (χ0) is 10.9. The number of hydrogen-bond acceptors (Lipinski definition) is 2. The highest BCUT2D eigenvalue weighted by molar-refractivity contribution is 5.65. The molecule has 0 radical (unpaired) electrons. The number of alkyl halides is 3. The van der Waals surface area contributed by atoms with Gasteiger partial charge in [-0.3, -0.25) is 0 Å². The lowest BCUT2D eigenvalue weighted by Gasteiger charge is -2.18. The van der Waals surface area contributed by atoms with Crippen LogP contribution in [0.3, 0.4) is 0 Å². The summed E-state index contributed by atoms with van der Waals surface area (Å²) in [4.78, 5) is 11.1. The molecule has 2 N–H and O–H groups in total. The van der Waals surface area contributed by atoms with E-state index >= 15 is 0 Å². The number of aliphatic hydroxyl groups is 1. The summed E-state index contributed by atoms with van der Waals surface area (Å²) in [6, 6.07) is -0.931. The SMILES string of the molecule is O=C(O)N1CC(C(F)(F)F)CC1CO. The minimum absolute atomic E-state index is 0.355. The normalized spacial score (nSPS) is 28.1. The van der Waals surface area contributed by atoms with Crippen molar-refractivity contribution in [1.82, 2.24) is 4.90 Å². The maximum Gasteiger partial charge on any atom is 0.407 e. The monoisotopic (exact) mass is 213 g/mol. The van der Waals surface area contributed by atoms with Crippen LogP contribution in [0.15, 0.2) is 0 Å². The van der Waals surface area contributed by atoms with Crippen LogP contribution < -0.4 is 0 Å². The Bertz CT molecular complexity index is 231. The number of carbonyl (C=O) groups is 1. The molecule has 0 spiro atoms. The Balaban J connectivity index is 2.70. The van der Waals surface area contributed by atoms with Crippen molar-refractivity contribution in [3.63, 3.8) is 0 Å². The van der Waals surface area contributed by atoms with Gasteiger partial charge in [0.15, 0.2) is 0 Å². The van der Waals surface area contributed by atoms with Crippen molar-refractivity contribution in [3.05, 3.63) is 0 Å². The molecule has 82 valence electrons. The first kappa shape index (κ1) is 11.1. The molecule has 1 aliphatic rings. The fourth-order valence-electron chi connectivity index (χ4n) is 1.56. The summed E-state index contributed by atoms with van der Waals surface area (Å²) < 4.78 is 36.6. The number of hydrogen-bond donors (Lipinski definition) is 2. The van der Waals surface area contributed by atoms with E-state index in [9.17, 15) is 18.0 Å². The van der Waals surface area contributed by atoms with Gasteiger partial charge in [-0.05, 0) is 6.42 Å². The third-order valence-corrected chi connectivity index (χ3v) is 2.33. The summed E-state index contributed by atoms with van der Waals surface area (Å²) in [5, 5.41) is 17.2. The molecule has 1 aliphatic heterocycles. The third-order valence-electron chi connectivity index (χ3n) is 2.33. The van der Waals surface area contributed by atoms with E-state index in [2.05, 4.69) is 0 Å². The molecule has 2 atom stereocenters. The van der Waals surface area contributed by atoms with E-state index in [4.69, 9.17) is 10.2 Å². The Morgan fingerprint density at radius 3 is 2.36 bits per heavy atom. The smallest absolute Gasteiger partial charge is 0.407 e. The van der Waals surface area contributed by atoms with Crippen molar-refractivity contribution in [3.8, 4) is 0 Å². The van der Waals surface area contributed by atoms with Crippen LogP contribution in [-0.4, -0.2) is 46.6 Å². The summed E-state index contributed by atoms with van der Waals surface area (Å²) in [5.41, 5.74) is 0. The van der Waals surface area contributed by atoms with Gasteiger partial charge in [0.1, 0.15) is 0 Å². The van der Waals surface area contributed by atoms with Gasteiger partial charge in [-0.15, -0.1) is 0 Å². The van der Waals surface area contributed by atoms with Crippen LogP contribution in [0.2, 0.25) is 0 Å². The lowest BCUT2D eigenvalue weighted by atomic mass is 10.1. The highest BCUT2D eigenvalue weighted by Crippen LogP contribution is 2.36. The van der Waals surface area contributed by atoms with Gasteiger partial charge < -0.3 is 15.1 Å². The number of carboxylic acid groups (broad SMARTS) is 1.